The van der Waals surface area contributed by atoms with Gasteiger partial charge in [-0.1, -0.05) is 17.7 Å². The summed E-state index contributed by atoms with van der Waals surface area (Å²) >= 11 is 6.29. The lowest BCUT2D eigenvalue weighted by Gasteiger charge is -2.31. The summed E-state index contributed by atoms with van der Waals surface area (Å²) in [6.45, 7) is 7.95. The van der Waals surface area contributed by atoms with E-state index in [1.54, 1.807) is 28.4 Å². The third kappa shape index (κ3) is 5.04. The molecule has 6 rings (SSSR count). The predicted octanol–water partition coefficient (Wildman–Crippen LogP) is 5.08. The average Bonchev–Trinajstić information content (AvgIpc) is 3.58. The van der Waals surface area contributed by atoms with E-state index < -0.39 is 0 Å². The van der Waals surface area contributed by atoms with Crippen LogP contribution in [0.25, 0.3) is 33.1 Å². The number of rotatable bonds is 6. The molecule has 1 aliphatic rings. The van der Waals surface area contributed by atoms with Crippen LogP contribution in [0.15, 0.2) is 47.7 Å². The van der Waals surface area contributed by atoms with Gasteiger partial charge in [-0.2, -0.15) is 10.2 Å². The van der Waals surface area contributed by atoms with Crippen LogP contribution in [-0.2, 0) is 25.4 Å². The molecule has 42 heavy (non-hydrogen) atoms. The van der Waals surface area contributed by atoms with Gasteiger partial charge >= 0.3 is 0 Å². The zero-order valence-corrected chi connectivity index (χ0v) is 25.3. The Kier molecular flexibility index (Phi) is 7.26. The topological polar surface area (TPSA) is 103 Å². The fourth-order valence-electron chi connectivity index (χ4n) is 6.25. The monoisotopic (exact) mass is 586 g/mol. The van der Waals surface area contributed by atoms with E-state index in [1.807, 2.05) is 55.1 Å². The molecule has 5 heterocycles. The van der Waals surface area contributed by atoms with Gasteiger partial charge in [-0.3, -0.25) is 18.8 Å². The lowest BCUT2D eigenvalue weighted by molar-refractivity contribution is -0.130. The maximum Gasteiger partial charge on any atom is 0.259 e. The third-order valence-corrected chi connectivity index (χ3v) is 8.63. The Morgan fingerprint density at radius 3 is 2.57 bits per heavy atom. The number of nitrogens with one attached hydrogen (secondary N) is 1. The predicted molar refractivity (Wildman–Crippen MR) is 166 cm³/mol. The fourth-order valence-corrected chi connectivity index (χ4v) is 6.39. The van der Waals surface area contributed by atoms with Crippen LogP contribution in [-0.4, -0.2) is 53.0 Å². The van der Waals surface area contributed by atoms with Crippen LogP contribution in [0.3, 0.4) is 0 Å². The number of amides is 1. The molecule has 0 spiro atoms. The van der Waals surface area contributed by atoms with Gasteiger partial charge in [-0.05, 0) is 61.9 Å². The number of carbonyl (C=O) groups excluding carboxylic acids is 1. The summed E-state index contributed by atoms with van der Waals surface area (Å²) in [5, 5.41) is 15.7. The van der Waals surface area contributed by atoms with E-state index in [0.717, 1.165) is 64.7 Å². The molecule has 10 nitrogen and oxygen atoms in total. The number of piperidine rings is 1. The first-order valence-corrected chi connectivity index (χ1v) is 14.6. The van der Waals surface area contributed by atoms with Gasteiger partial charge in [0.15, 0.2) is 0 Å². The number of hydrogen-bond donors (Lipinski definition) is 1. The van der Waals surface area contributed by atoms with E-state index >= 15 is 0 Å². The molecule has 0 saturated carbocycles. The average molecular weight is 587 g/mol. The minimum Gasteiger partial charge on any atom is -0.377 e. The standard InChI is InChI=1S/C31H35ClN8O2/c1-18-12-23(19(2)35-26-6-7-27(32)36-29(26)22-14-33-37(4)17-22)28-24(13-18)31(42)38(5)30-25(28)15-34-40(30)16-21-8-10-39(11-9-21)20(3)41/h6-7,12-15,17,19,21,35H,8-11,16H2,1-5H3. The first kappa shape index (κ1) is 28.0. The summed E-state index contributed by atoms with van der Waals surface area (Å²) in [6.07, 6.45) is 7.40. The SMILES string of the molecule is CC(=O)N1CCC(Cn2ncc3c4c(C(C)Nc5ccc(Cl)nc5-c5cnn(C)c5)cc(C)cc4c(=O)n(C)c32)CC1. The Morgan fingerprint density at radius 2 is 1.88 bits per heavy atom. The third-order valence-electron chi connectivity index (χ3n) is 8.42. The number of halogens is 1. The highest BCUT2D eigenvalue weighted by atomic mass is 35.5. The molecule has 0 aliphatic carbocycles. The molecule has 1 amide bonds. The first-order chi connectivity index (χ1) is 20.1. The quantitative estimate of drug-likeness (QED) is 0.278. The van der Waals surface area contributed by atoms with Crippen molar-refractivity contribution < 1.29 is 4.79 Å². The molecule has 11 heteroatoms. The van der Waals surface area contributed by atoms with Gasteiger partial charge in [0, 0.05) is 74.6 Å². The summed E-state index contributed by atoms with van der Waals surface area (Å²) in [5.74, 6) is 0.509. The molecule has 0 radical (unpaired) electrons. The Hall–Kier alpha value is -4.18. The first-order valence-electron chi connectivity index (χ1n) is 14.3. The van der Waals surface area contributed by atoms with Gasteiger partial charge < -0.3 is 10.2 Å². The van der Waals surface area contributed by atoms with Crippen molar-refractivity contribution in [2.24, 2.45) is 20.0 Å². The number of benzene rings is 1. The van der Waals surface area contributed by atoms with E-state index in [-0.39, 0.29) is 17.5 Å². The summed E-state index contributed by atoms with van der Waals surface area (Å²) in [6, 6.07) is 7.63. The summed E-state index contributed by atoms with van der Waals surface area (Å²) in [7, 11) is 3.69. The number of carbonyl (C=O) groups is 1. The molecule has 1 aromatic carbocycles. The molecule has 1 N–H and O–H groups in total. The number of likely N-dealkylation sites (tertiary alicyclic amines) is 1. The maximum absolute atomic E-state index is 13.8. The lowest BCUT2D eigenvalue weighted by Crippen LogP contribution is -2.38. The van der Waals surface area contributed by atoms with Crippen LogP contribution in [0.2, 0.25) is 5.15 Å². The van der Waals surface area contributed by atoms with Gasteiger partial charge in [-0.25, -0.2) is 9.67 Å². The molecule has 4 aromatic heterocycles. The highest BCUT2D eigenvalue weighted by Gasteiger charge is 2.24. The minimum absolute atomic E-state index is 0.0491. The Labute approximate surface area is 248 Å². The number of pyridine rings is 2. The second kappa shape index (κ2) is 10.9. The summed E-state index contributed by atoms with van der Waals surface area (Å²) < 4.78 is 5.42. The highest BCUT2D eigenvalue weighted by Crippen LogP contribution is 2.35. The van der Waals surface area contributed by atoms with E-state index in [4.69, 9.17) is 16.7 Å². The molecule has 0 bridgehead atoms. The molecular weight excluding hydrogens is 552 g/mol. The van der Waals surface area contributed by atoms with Crippen molar-refractivity contribution in [1.82, 2.24) is 34.0 Å². The summed E-state index contributed by atoms with van der Waals surface area (Å²) in [4.78, 5) is 32.1. The van der Waals surface area contributed by atoms with Crippen LogP contribution in [0.4, 0.5) is 5.69 Å². The second-order valence-electron chi connectivity index (χ2n) is 11.5. The van der Waals surface area contributed by atoms with E-state index in [2.05, 4.69) is 28.4 Å². The lowest BCUT2D eigenvalue weighted by atomic mass is 9.95. The van der Waals surface area contributed by atoms with Crippen LogP contribution in [0, 0.1) is 12.8 Å². The van der Waals surface area contributed by atoms with Gasteiger partial charge in [0.25, 0.3) is 5.56 Å². The number of hydrogen-bond acceptors (Lipinski definition) is 6. The Morgan fingerprint density at radius 1 is 1.12 bits per heavy atom. The number of nitrogens with zero attached hydrogens (tertiary/aromatic N) is 7. The van der Waals surface area contributed by atoms with Crippen molar-refractivity contribution >= 4 is 45.0 Å². The fraction of sp³-hybridized carbons (Fsp3) is 0.387. The van der Waals surface area contributed by atoms with Gasteiger partial charge in [-0.15, -0.1) is 0 Å². The van der Waals surface area contributed by atoms with Crippen molar-refractivity contribution in [3.8, 4) is 11.3 Å². The van der Waals surface area contributed by atoms with Crippen molar-refractivity contribution in [1.29, 1.82) is 0 Å². The van der Waals surface area contributed by atoms with Crippen molar-refractivity contribution in [3.63, 3.8) is 0 Å². The number of aromatic nitrogens is 6. The largest absolute Gasteiger partial charge is 0.377 e. The Bertz CT molecular complexity index is 1880. The van der Waals surface area contributed by atoms with Crippen molar-refractivity contribution in [3.05, 3.63) is 69.5 Å². The second-order valence-corrected chi connectivity index (χ2v) is 11.8. The molecule has 1 aliphatic heterocycles. The van der Waals surface area contributed by atoms with Crippen LogP contribution in [0.5, 0.6) is 0 Å². The number of aryl methyl sites for hydroxylation is 3. The maximum atomic E-state index is 13.8. The zero-order chi connectivity index (χ0) is 29.7. The molecular formula is C31H35ClN8O2. The molecule has 1 unspecified atom stereocenters. The summed E-state index contributed by atoms with van der Waals surface area (Å²) in [5.41, 5.74) is 5.17. The van der Waals surface area contributed by atoms with Gasteiger partial charge in [0.1, 0.15) is 10.8 Å². The number of anilines is 1. The molecule has 1 fully saturated rings. The van der Waals surface area contributed by atoms with E-state index in [9.17, 15) is 9.59 Å². The normalized spacial score (nSPS) is 15.0. The molecule has 218 valence electrons. The smallest absolute Gasteiger partial charge is 0.259 e. The van der Waals surface area contributed by atoms with Crippen LogP contribution < -0.4 is 10.9 Å². The molecule has 5 aromatic rings. The Balaban J connectivity index is 1.41. The van der Waals surface area contributed by atoms with Crippen LogP contribution >= 0.6 is 11.6 Å². The highest BCUT2D eigenvalue weighted by molar-refractivity contribution is 6.29. The van der Waals surface area contributed by atoms with Gasteiger partial charge in [0.2, 0.25) is 5.91 Å². The van der Waals surface area contributed by atoms with E-state index in [0.29, 0.717) is 28.7 Å². The zero-order valence-electron chi connectivity index (χ0n) is 24.6. The van der Waals surface area contributed by atoms with Crippen molar-refractivity contribution in [2.75, 3.05) is 18.4 Å². The molecule has 1 saturated heterocycles. The molecule has 1 atom stereocenters. The van der Waals surface area contributed by atoms with Crippen molar-refractivity contribution in [2.45, 2.75) is 46.2 Å². The van der Waals surface area contributed by atoms with E-state index in [1.165, 1.54) is 0 Å². The van der Waals surface area contributed by atoms with Crippen LogP contribution in [0.1, 0.15) is 43.9 Å². The number of fused-ring (bicyclic) bond motifs is 3. The minimum atomic E-state index is -0.166. The van der Waals surface area contributed by atoms with Gasteiger partial charge in [0.05, 0.1) is 23.8 Å².